The Morgan fingerprint density at radius 1 is 1.10 bits per heavy atom. The van der Waals surface area contributed by atoms with Crippen molar-refractivity contribution in [1.82, 2.24) is 19.3 Å². The van der Waals surface area contributed by atoms with E-state index in [-0.39, 0.29) is 41.2 Å². The molecule has 1 aliphatic heterocycles. The van der Waals surface area contributed by atoms with E-state index in [9.17, 15) is 14.4 Å². The fraction of sp³-hybridized carbons (Fsp3) is 0.222. The third-order valence-electron chi connectivity index (χ3n) is 6.57. The highest BCUT2D eigenvalue weighted by Crippen LogP contribution is 2.34. The molecule has 200 valence electrons. The molecule has 0 unspecified atom stereocenters. The summed E-state index contributed by atoms with van der Waals surface area (Å²) in [6.07, 6.45) is 0. The van der Waals surface area contributed by atoms with Gasteiger partial charge in [-0.05, 0) is 55.8 Å². The van der Waals surface area contributed by atoms with Crippen LogP contribution in [0.15, 0.2) is 59.4 Å². The lowest BCUT2D eigenvalue weighted by atomic mass is 10.0. The molecule has 1 atom stereocenters. The second-order valence-corrected chi connectivity index (χ2v) is 9.25. The fourth-order valence-corrected chi connectivity index (χ4v) is 4.71. The lowest BCUT2D eigenvalue weighted by molar-refractivity contribution is 0.1000. The van der Waals surface area contributed by atoms with E-state index in [1.165, 1.54) is 34.6 Å². The second kappa shape index (κ2) is 9.71. The normalized spacial score (nSPS) is 15.2. The molecule has 4 aromatic rings. The minimum Gasteiger partial charge on any atom is -0.467 e. The number of primary amides is 1. The van der Waals surface area contributed by atoms with E-state index in [2.05, 4.69) is 10.1 Å². The molecule has 5 rings (SSSR count). The van der Waals surface area contributed by atoms with Crippen LogP contribution in [-0.2, 0) is 7.05 Å². The van der Waals surface area contributed by atoms with Crippen LogP contribution in [0.1, 0.15) is 23.0 Å². The number of benzene rings is 2. The number of halogens is 1. The third kappa shape index (κ3) is 4.39. The molecular formula is C27H26FN7O4. The van der Waals surface area contributed by atoms with Crippen molar-refractivity contribution in [2.45, 2.75) is 19.9 Å². The Kier molecular flexibility index (Phi) is 6.38. The van der Waals surface area contributed by atoms with Crippen LogP contribution in [0.3, 0.4) is 0 Å². The number of rotatable bonds is 6. The first-order valence-corrected chi connectivity index (χ1v) is 12.1. The standard InChI is InChI=1S/C27H26FN7O4/c1-15-12-21(17-8-10-19(11-9-17)35-25(39-4)31-32(3)26(35)37)22(28)24(30-15)33-14-16(2)34(27(33)38)20-7-5-6-18(13-20)23(29)36/h5-13,16H,14H2,1-4H3,(H2,29,36)/t16-/m0/s1. The van der Waals surface area contributed by atoms with E-state index in [1.807, 2.05) is 6.92 Å². The molecule has 11 nitrogen and oxygen atoms in total. The lowest BCUT2D eigenvalue weighted by Crippen LogP contribution is -2.34. The van der Waals surface area contributed by atoms with Crippen LogP contribution in [0.4, 0.5) is 20.7 Å². The van der Waals surface area contributed by atoms with Gasteiger partial charge in [0.2, 0.25) is 5.91 Å². The number of urea groups is 1. The Morgan fingerprint density at radius 3 is 2.49 bits per heavy atom. The van der Waals surface area contributed by atoms with Gasteiger partial charge in [0.05, 0.1) is 18.8 Å². The largest absolute Gasteiger partial charge is 0.467 e. The average Bonchev–Trinajstić information content (AvgIpc) is 3.38. The van der Waals surface area contributed by atoms with Gasteiger partial charge in [-0.25, -0.2) is 28.2 Å². The van der Waals surface area contributed by atoms with Crippen molar-refractivity contribution >= 4 is 23.4 Å². The average molecular weight is 532 g/mol. The second-order valence-electron chi connectivity index (χ2n) is 9.25. The van der Waals surface area contributed by atoms with Gasteiger partial charge in [0, 0.05) is 36.1 Å². The first-order chi connectivity index (χ1) is 18.6. The molecular weight excluding hydrogens is 505 g/mol. The van der Waals surface area contributed by atoms with Crippen LogP contribution >= 0.6 is 0 Å². The van der Waals surface area contributed by atoms with Gasteiger partial charge >= 0.3 is 17.7 Å². The molecule has 39 heavy (non-hydrogen) atoms. The van der Waals surface area contributed by atoms with Crippen LogP contribution < -0.4 is 26.0 Å². The van der Waals surface area contributed by atoms with Crippen molar-refractivity contribution < 1.29 is 18.7 Å². The number of ether oxygens (including phenoxy) is 1. The zero-order valence-corrected chi connectivity index (χ0v) is 21.8. The highest BCUT2D eigenvalue weighted by atomic mass is 19.1. The number of aromatic nitrogens is 4. The van der Waals surface area contributed by atoms with E-state index in [0.717, 1.165) is 4.68 Å². The summed E-state index contributed by atoms with van der Waals surface area (Å²) in [5, 5.41) is 4.03. The minimum atomic E-state index is -0.655. The van der Waals surface area contributed by atoms with E-state index in [1.54, 1.807) is 55.5 Å². The van der Waals surface area contributed by atoms with Gasteiger partial charge in [-0.3, -0.25) is 14.6 Å². The van der Waals surface area contributed by atoms with Gasteiger partial charge in [-0.15, -0.1) is 5.10 Å². The van der Waals surface area contributed by atoms with Crippen LogP contribution in [-0.4, -0.2) is 51.0 Å². The highest BCUT2D eigenvalue weighted by molar-refractivity contribution is 6.07. The van der Waals surface area contributed by atoms with Crippen molar-refractivity contribution in [2.24, 2.45) is 12.8 Å². The number of amides is 3. The van der Waals surface area contributed by atoms with Crippen molar-refractivity contribution in [3.8, 4) is 22.8 Å². The maximum Gasteiger partial charge on any atom is 0.353 e. The molecule has 2 aromatic carbocycles. The third-order valence-corrected chi connectivity index (χ3v) is 6.57. The molecule has 2 aromatic heterocycles. The summed E-state index contributed by atoms with van der Waals surface area (Å²) >= 11 is 0. The number of aryl methyl sites for hydroxylation is 2. The molecule has 0 aliphatic carbocycles. The van der Waals surface area contributed by atoms with Gasteiger partial charge in [0.15, 0.2) is 11.6 Å². The number of hydrogen-bond donors (Lipinski definition) is 1. The number of hydrogen-bond acceptors (Lipinski definition) is 6. The maximum atomic E-state index is 16.0. The summed E-state index contributed by atoms with van der Waals surface area (Å²) in [6, 6.07) is 14.0. The zero-order chi connectivity index (χ0) is 28.0. The Balaban J connectivity index is 1.50. The van der Waals surface area contributed by atoms with E-state index < -0.39 is 17.8 Å². The SMILES string of the molecule is COc1nn(C)c(=O)n1-c1ccc(-c2cc(C)nc(N3C[C@H](C)N(c4cccc(C(N)=O)c4)C3=O)c2F)cc1. The first kappa shape index (κ1) is 25.6. The molecule has 0 radical (unpaired) electrons. The summed E-state index contributed by atoms with van der Waals surface area (Å²) in [4.78, 5) is 44.8. The highest BCUT2D eigenvalue weighted by Gasteiger charge is 2.39. The van der Waals surface area contributed by atoms with Gasteiger partial charge < -0.3 is 10.5 Å². The molecule has 1 saturated heterocycles. The number of pyridine rings is 1. The number of methoxy groups -OCH3 is 1. The van der Waals surface area contributed by atoms with Crippen molar-refractivity contribution in [3.05, 3.63) is 82.2 Å². The summed E-state index contributed by atoms with van der Waals surface area (Å²) in [5.41, 5.74) is 7.57. The summed E-state index contributed by atoms with van der Waals surface area (Å²) in [5.74, 6) is -1.36. The van der Waals surface area contributed by atoms with Crippen LogP contribution in [0.25, 0.3) is 16.8 Å². The summed E-state index contributed by atoms with van der Waals surface area (Å²) < 4.78 is 23.6. The Morgan fingerprint density at radius 2 is 1.82 bits per heavy atom. The Hall–Kier alpha value is -5.00. The number of nitrogens with two attached hydrogens (primary N) is 1. The van der Waals surface area contributed by atoms with Crippen LogP contribution in [0, 0.1) is 12.7 Å². The molecule has 12 heteroatoms. The molecule has 1 aliphatic rings. The van der Waals surface area contributed by atoms with Crippen LogP contribution in [0.2, 0.25) is 0 Å². The van der Waals surface area contributed by atoms with Gasteiger partial charge in [-0.2, -0.15) is 0 Å². The Bertz CT molecular complexity index is 1660. The van der Waals surface area contributed by atoms with E-state index >= 15 is 4.39 Å². The predicted molar refractivity (Wildman–Crippen MR) is 143 cm³/mol. The molecule has 3 heterocycles. The molecule has 2 N–H and O–H groups in total. The summed E-state index contributed by atoms with van der Waals surface area (Å²) in [7, 11) is 2.93. The monoisotopic (exact) mass is 531 g/mol. The van der Waals surface area contributed by atoms with Crippen molar-refractivity contribution in [2.75, 3.05) is 23.5 Å². The lowest BCUT2D eigenvalue weighted by Gasteiger charge is -2.21. The maximum absolute atomic E-state index is 16.0. The topological polar surface area (TPSA) is 129 Å². The van der Waals surface area contributed by atoms with Crippen LogP contribution in [0.5, 0.6) is 6.01 Å². The fourth-order valence-electron chi connectivity index (χ4n) is 4.71. The molecule has 1 fully saturated rings. The van der Waals surface area contributed by atoms with E-state index in [0.29, 0.717) is 22.6 Å². The minimum absolute atomic E-state index is 0.0929. The molecule has 3 amide bonds. The first-order valence-electron chi connectivity index (χ1n) is 12.1. The number of nitrogens with zero attached hydrogens (tertiary/aromatic N) is 6. The Labute approximate surface area is 222 Å². The quantitative estimate of drug-likeness (QED) is 0.407. The van der Waals surface area contributed by atoms with Crippen molar-refractivity contribution in [1.29, 1.82) is 0 Å². The number of anilines is 2. The smallest absolute Gasteiger partial charge is 0.353 e. The van der Waals surface area contributed by atoms with Gasteiger partial charge in [0.1, 0.15) is 0 Å². The molecule has 0 spiro atoms. The predicted octanol–water partition coefficient (Wildman–Crippen LogP) is 3.02. The van der Waals surface area contributed by atoms with Gasteiger partial charge in [-0.1, -0.05) is 18.2 Å². The summed E-state index contributed by atoms with van der Waals surface area (Å²) in [6.45, 7) is 3.74. The van der Waals surface area contributed by atoms with E-state index in [4.69, 9.17) is 10.5 Å². The van der Waals surface area contributed by atoms with Gasteiger partial charge in [0.25, 0.3) is 0 Å². The molecule has 0 saturated carbocycles. The zero-order valence-electron chi connectivity index (χ0n) is 21.8. The number of carbonyl (C=O) groups excluding carboxylic acids is 2. The van der Waals surface area contributed by atoms with Crippen molar-refractivity contribution in [3.63, 3.8) is 0 Å². The molecule has 0 bridgehead atoms. The number of carbonyl (C=O) groups is 2.